The average Bonchev–Trinajstić information content (AvgIpc) is 2.64. The maximum Gasteiger partial charge on any atom is 0.214 e. The molecular formula is C15H19N3O2. The summed E-state index contributed by atoms with van der Waals surface area (Å²) in [6.07, 6.45) is 2.14. The third kappa shape index (κ3) is 1.89. The number of hydrogen-bond donors (Lipinski definition) is 1. The van der Waals surface area contributed by atoms with E-state index in [-0.39, 0.29) is 0 Å². The van der Waals surface area contributed by atoms with Crippen LogP contribution in [0, 0.1) is 0 Å². The SMILES string of the molecule is COc1ccc2c3c([nH]c2n1)CCN(C1COC1)CC3. The van der Waals surface area contributed by atoms with Crippen molar-refractivity contribution >= 4 is 11.0 Å². The number of ether oxygens (including phenoxy) is 2. The monoisotopic (exact) mass is 273 g/mol. The van der Waals surface area contributed by atoms with Crippen LogP contribution in [0.5, 0.6) is 5.88 Å². The van der Waals surface area contributed by atoms with Crippen molar-refractivity contribution in [2.45, 2.75) is 18.9 Å². The zero-order valence-electron chi connectivity index (χ0n) is 11.7. The third-order valence-corrected chi connectivity index (χ3v) is 4.47. The van der Waals surface area contributed by atoms with Gasteiger partial charge in [-0.05, 0) is 18.1 Å². The van der Waals surface area contributed by atoms with Gasteiger partial charge in [-0.1, -0.05) is 0 Å². The molecule has 2 aliphatic rings. The number of methoxy groups -OCH3 is 1. The fraction of sp³-hybridized carbons (Fsp3) is 0.533. The van der Waals surface area contributed by atoms with Crippen molar-refractivity contribution in [1.29, 1.82) is 0 Å². The molecule has 1 saturated heterocycles. The van der Waals surface area contributed by atoms with Gasteiger partial charge in [0.05, 0.1) is 26.4 Å². The smallest absolute Gasteiger partial charge is 0.214 e. The standard InChI is InChI=1S/C15H19N3O2/c1-19-14-3-2-12-11-4-6-18(10-8-20-9-10)7-5-13(11)16-15(12)17-14/h2-3,10H,4-9H2,1H3,(H,16,17). The first-order chi connectivity index (χ1) is 9.85. The highest BCUT2D eigenvalue weighted by atomic mass is 16.5. The van der Waals surface area contributed by atoms with Crippen molar-refractivity contribution in [3.8, 4) is 5.88 Å². The van der Waals surface area contributed by atoms with Crippen molar-refractivity contribution in [3.63, 3.8) is 0 Å². The van der Waals surface area contributed by atoms with Crippen molar-refractivity contribution in [1.82, 2.24) is 14.9 Å². The van der Waals surface area contributed by atoms with Crippen LogP contribution in [0.25, 0.3) is 11.0 Å². The topological polar surface area (TPSA) is 50.4 Å². The summed E-state index contributed by atoms with van der Waals surface area (Å²) in [5.41, 5.74) is 3.72. The van der Waals surface area contributed by atoms with E-state index in [0.29, 0.717) is 11.9 Å². The van der Waals surface area contributed by atoms with E-state index in [9.17, 15) is 0 Å². The molecule has 0 atom stereocenters. The number of hydrogen-bond acceptors (Lipinski definition) is 4. The molecule has 4 heterocycles. The Morgan fingerprint density at radius 2 is 2.15 bits per heavy atom. The van der Waals surface area contributed by atoms with E-state index in [1.807, 2.05) is 6.07 Å². The molecule has 5 heteroatoms. The molecule has 2 aromatic heterocycles. The third-order valence-electron chi connectivity index (χ3n) is 4.47. The Morgan fingerprint density at radius 1 is 1.30 bits per heavy atom. The number of nitrogens with zero attached hydrogens (tertiary/aromatic N) is 2. The lowest BCUT2D eigenvalue weighted by atomic mass is 10.1. The molecule has 1 fully saturated rings. The molecule has 4 rings (SSSR count). The minimum absolute atomic E-state index is 0.628. The molecule has 0 aliphatic carbocycles. The number of fused-ring (bicyclic) bond motifs is 3. The lowest BCUT2D eigenvalue weighted by Crippen LogP contribution is -2.49. The van der Waals surface area contributed by atoms with E-state index in [1.165, 1.54) is 16.6 Å². The highest BCUT2D eigenvalue weighted by molar-refractivity contribution is 5.82. The minimum atomic E-state index is 0.628. The number of aromatic nitrogens is 2. The first-order valence-electron chi connectivity index (χ1n) is 7.21. The van der Waals surface area contributed by atoms with E-state index in [4.69, 9.17) is 9.47 Å². The molecule has 5 nitrogen and oxygen atoms in total. The molecule has 106 valence electrons. The Kier molecular flexibility index (Phi) is 2.89. The van der Waals surface area contributed by atoms with Gasteiger partial charge in [0, 0.05) is 36.7 Å². The molecule has 0 saturated carbocycles. The Bertz CT molecular complexity index is 633. The van der Waals surface area contributed by atoms with Crippen LogP contribution in [-0.4, -0.2) is 54.3 Å². The van der Waals surface area contributed by atoms with Crippen LogP contribution in [0.2, 0.25) is 0 Å². The molecule has 0 aromatic carbocycles. The summed E-state index contributed by atoms with van der Waals surface area (Å²) in [6, 6.07) is 4.70. The number of pyridine rings is 1. The second-order valence-corrected chi connectivity index (χ2v) is 5.56. The average molecular weight is 273 g/mol. The molecule has 2 aliphatic heterocycles. The van der Waals surface area contributed by atoms with E-state index in [0.717, 1.165) is 44.8 Å². The molecule has 20 heavy (non-hydrogen) atoms. The Morgan fingerprint density at radius 3 is 2.90 bits per heavy atom. The van der Waals surface area contributed by atoms with Crippen LogP contribution in [0.15, 0.2) is 12.1 Å². The zero-order chi connectivity index (χ0) is 13.5. The molecule has 0 amide bonds. The maximum atomic E-state index is 5.31. The Balaban J connectivity index is 1.64. The van der Waals surface area contributed by atoms with E-state index in [1.54, 1.807) is 7.11 Å². The highest BCUT2D eigenvalue weighted by Crippen LogP contribution is 2.27. The van der Waals surface area contributed by atoms with Crippen molar-refractivity contribution < 1.29 is 9.47 Å². The number of rotatable bonds is 2. The van der Waals surface area contributed by atoms with Crippen LogP contribution >= 0.6 is 0 Å². The van der Waals surface area contributed by atoms with Gasteiger partial charge in [-0.2, -0.15) is 4.98 Å². The normalized spacial score (nSPS) is 20.4. The number of H-pyrrole nitrogens is 1. The predicted octanol–water partition coefficient (Wildman–Crippen LogP) is 1.37. The van der Waals surface area contributed by atoms with E-state index in [2.05, 4.69) is 20.9 Å². The predicted molar refractivity (Wildman–Crippen MR) is 76.2 cm³/mol. The van der Waals surface area contributed by atoms with Crippen molar-refractivity contribution in [2.75, 3.05) is 33.4 Å². The van der Waals surface area contributed by atoms with Gasteiger partial charge >= 0.3 is 0 Å². The summed E-state index contributed by atoms with van der Waals surface area (Å²) in [5, 5.41) is 1.24. The summed E-state index contributed by atoms with van der Waals surface area (Å²) in [6.45, 7) is 4.01. The minimum Gasteiger partial charge on any atom is -0.481 e. The second kappa shape index (κ2) is 4.75. The zero-order valence-corrected chi connectivity index (χ0v) is 11.7. The van der Waals surface area contributed by atoms with Crippen LogP contribution in [0.1, 0.15) is 11.3 Å². The fourth-order valence-corrected chi connectivity index (χ4v) is 3.20. The van der Waals surface area contributed by atoms with Crippen LogP contribution in [0.4, 0.5) is 0 Å². The summed E-state index contributed by atoms with van der Waals surface area (Å²) in [4.78, 5) is 10.5. The van der Waals surface area contributed by atoms with Crippen LogP contribution < -0.4 is 4.74 Å². The summed E-state index contributed by atoms with van der Waals surface area (Å²) >= 11 is 0. The lowest BCUT2D eigenvalue weighted by molar-refractivity contribution is -0.0634. The van der Waals surface area contributed by atoms with Crippen LogP contribution in [0.3, 0.4) is 0 Å². The van der Waals surface area contributed by atoms with Crippen LogP contribution in [-0.2, 0) is 17.6 Å². The van der Waals surface area contributed by atoms with Gasteiger partial charge in [0.1, 0.15) is 5.65 Å². The number of aromatic amines is 1. The molecule has 2 aromatic rings. The highest BCUT2D eigenvalue weighted by Gasteiger charge is 2.28. The van der Waals surface area contributed by atoms with Gasteiger partial charge in [-0.25, -0.2) is 0 Å². The molecule has 0 spiro atoms. The second-order valence-electron chi connectivity index (χ2n) is 5.56. The van der Waals surface area contributed by atoms with Gasteiger partial charge in [0.2, 0.25) is 5.88 Å². The Hall–Kier alpha value is -1.59. The quantitative estimate of drug-likeness (QED) is 0.898. The summed E-state index contributed by atoms with van der Waals surface area (Å²) < 4.78 is 10.5. The maximum absolute atomic E-state index is 5.31. The largest absolute Gasteiger partial charge is 0.481 e. The van der Waals surface area contributed by atoms with Gasteiger partial charge in [0.15, 0.2) is 0 Å². The fourth-order valence-electron chi connectivity index (χ4n) is 3.20. The van der Waals surface area contributed by atoms with Gasteiger partial charge in [0.25, 0.3) is 0 Å². The van der Waals surface area contributed by atoms with Gasteiger partial charge < -0.3 is 14.5 Å². The summed E-state index contributed by atoms with van der Waals surface area (Å²) in [7, 11) is 1.65. The summed E-state index contributed by atoms with van der Waals surface area (Å²) in [5.74, 6) is 0.669. The molecule has 1 N–H and O–H groups in total. The van der Waals surface area contributed by atoms with Gasteiger partial charge in [-0.3, -0.25) is 4.90 Å². The Labute approximate surface area is 117 Å². The van der Waals surface area contributed by atoms with E-state index < -0.39 is 0 Å². The molecule has 0 unspecified atom stereocenters. The number of nitrogens with one attached hydrogen (secondary N) is 1. The molecule has 0 bridgehead atoms. The van der Waals surface area contributed by atoms with Crippen molar-refractivity contribution in [2.24, 2.45) is 0 Å². The van der Waals surface area contributed by atoms with E-state index >= 15 is 0 Å². The molecule has 0 radical (unpaired) electrons. The first-order valence-corrected chi connectivity index (χ1v) is 7.21. The molecular weight excluding hydrogens is 254 g/mol. The lowest BCUT2D eigenvalue weighted by Gasteiger charge is -2.36. The van der Waals surface area contributed by atoms with Gasteiger partial charge in [-0.15, -0.1) is 0 Å². The first kappa shape index (κ1) is 12.2. The van der Waals surface area contributed by atoms with Crippen molar-refractivity contribution in [3.05, 3.63) is 23.4 Å².